The average Bonchev–Trinajstić information content (AvgIpc) is 2.96. The number of urea groups is 1. The molecule has 0 spiro atoms. The number of halogens is 3. The summed E-state index contributed by atoms with van der Waals surface area (Å²) in [5.74, 6) is 0.234. The van der Waals surface area contributed by atoms with Crippen molar-refractivity contribution in [3.05, 3.63) is 50.6 Å². The number of carbonyl (C=O) groups is 1. The first kappa shape index (κ1) is 19.3. The van der Waals surface area contributed by atoms with Crippen LogP contribution in [0.2, 0.25) is 9.36 Å². The van der Waals surface area contributed by atoms with Gasteiger partial charge in [-0.2, -0.15) is 0 Å². The van der Waals surface area contributed by atoms with Crippen LogP contribution in [0, 0.1) is 0 Å². The van der Waals surface area contributed by atoms with Crippen molar-refractivity contribution in [3.8, 4) is 0 Å². The third-order valence-corrected chi connectivity index (χ3v) is 5.48. The number of rotatable bonds is 3. The molecule has 130 valence electrons. The van der Waals surface area contributed by atoms with Crippen LogP contribution >= 0.6 is 46.9 Å². The van der Waals surface area contributed by atoms with E-state index in [1.807, 2.05) is 12.1 Å². The van der Waals surface area contributed by atoms with E-state index in [-0.39, 0.29) is 30.4 Å². The highest BCUT2D eigenvalue weighted by Crippen LogP contribution is 2.32. The topological polar surface area (TPSA) is 53.2 Å². The molecule has 0 bridgehead atoms. The van der Waals surface area contributed by atoms with Gasteiger partial charge in [-0.15, -0.1) is 23.7 Å². The first-order chi connectivity index (χ1) is 11.1. The number of benzene rings is 1. The smallest absolute Gasteiger partial charge is 0.319 e. The van der Waals surface area contributed by atoms with Crippen molar-refractivity contribution in [1.82, 2.24) is 10.6 Å². The molecular formula is C16H18Cl3N3OS. The Morgan fingerprint density at radius 1 is 1.17 bits per heavy atom. The molecule has 24 heavy (non-hydrogen) atoms. The molecule has 2 atom stereocenters. The average molecular weight is 407 g/mol. The van der Waals surface area contributed by atoms with Crippen molar-refractivity contribution < 1.29 is 4.79 Å². The van der Waals surface area contributed by atoms with Crippen LogP contribution in [-0.4, -0.2) is 25.2 Å². The molecular weight excluding hydrogens is 389 g/mol. The maximum atomic E-state index is 12.2. The molecule has 0 radical (unpaired) electrons. The van der Waals surface area contributed by atoms with E-state index in [1.54, 1.807) is 35.6 Å². The van der Waals surface area contributed by atoms with Crippen molar-refractivity contribution in [1.29, 1.82) is 0 Å². The van der Waals surface area contributed by atoms with Crippen LogP contribution in [0.3, 0.4) is 0 Å². The minimum absolute atomic E-state index is 0. The summed E-state index contributed by atoms with van der Waals surface area (Å²) in [7, 11) is 0. The van der Waals surface area contributed by atoms with Crippen LogP contribution in [0.5, 0.6) is 0 Å². The number of thiophene rings is 1. The summed E-state index contributed by atoms with van der Waals surface area (Å²) in [6, 6.07) is 10.9. The first-order valence-electron chi connectivity index (χ1n) is 7.41. The number of carbonyl (C=O) groups excluding carboxylic acids is 1. The molecule has 2 aromatic rings. The maximum Gasteiger partial charge on any atom is 0.319 e. The maximum absolute atomic E-state index is 12.2. The SMILES string of the molecule is Cl.O=C(Nc1ccc(Cl)cc1)NC1CCNCC1c1ccc(Cl)s1. The molecule has 3 N–H and O–H groups in total. The molecule has 0 saturated carbocycles. The van der Waals surface area contributed by atoms with Gasteiger partial charge >= 0.3 is 6.03 Å². The molecule has 1 aromatic heterocycles. The van der Waals surface area contributed by atoms with Crippen molar-refractivity contribution in [3.63, 3.8) is 0 Å². The van der Waals surface area contributed by atoms with E-state index in [4.69, 9.17) is 23.2 Å². The molecule has 2 unspecified atom stereocenters. The van der Waals surface area contributed by atoms with Gasteiger partial charge in [-0.1, -0.05) is 23.2 Å². The summed E-state index contributed by atoms with van der Waals surface area (Å²) >= 11 is 13.5. The Morgan fingerprint density at radius 2 is 1.92 bits per heavy atom. The molecule has 1 aliphatic heterocycles. The predicted octanol–water partition coefficient (Wildman–Crippen LogP) is 4.74. The van der Waals surface area contributed by atoms with E-state index < -0.39 is 0 Å². The Kier molecular flexibility index (Phi) is 7.19. The molecule has 1 aromatic carbocycles. The summed E-state index contributed by atoms with van der Waals surface area (Å²) in [5, 5.41) is 9.94. The van der Waals surface area contributed by atoms with Crippen LogP contribution in [0.1, 0.15) is 17.2 Å². The highest BCUT2D eigenvalue weighted by Gasteiger charge is 2.28. The molecule has 1 saturated heterocycles. The zero-order valence-electron chi connectivity index (χ0n) is 12.7. The largest absolute Gasteiger partial charge is 0.334 e. The fraction of sp³-hybridized carbons (Fsp3) is 0.312. The van der Waals surface area contributed by atoms with E-state index in [1.165, 1.54) is 4.88 Å². The minimum Gasteiger partial charge on any atom is -0.334 e. The quantitative estimate of drug-likeness (QED) is 0.689. The van der Waals surface area contributed by atoms with Gasteiger partial charge in [0.15, 0.2) is 0 Å². The van der Waals surface area contributed by atoms with Gasteiger partial charge in [-0.05, 0) is 49.4 Å². The summed E-state index contributed by atoms with van der Waals surface area (Å²) in [4.78, 5) is 13.4. The normalized spacial score (nSPS) is 20.1. The van der Waals surface area contributed by atoms with E-state index in [2.05, 4.69) is 16.0 Å². The third kappa shape index (κ3) is 5.01. The fourth-order valence-electron chi connectivity index (χ4n) is 2.73. The Bertz CT molecular complexity index is 677. The first-order valence-corrected chi connectivity index (χ1v) is 8.98. The number of hydrogen-bond acceptors (Lipinski definition) is 3. The molecule has 2 amide bonds. The van der Waals surface area contributed by atoms with E-state index >= 15 is 0 Å². The highest BCUT2D eigenvalue weighted by molar-refractivity contribution is 7.16. The van der Waals surface area contributed by atoms with Crippen LogP contribution in [0.25, 0.3) is 0 Å². The van der Waals surface area contributed by atoms with Gasteiger partial charge < -0.3 is 16.0 Å². The number of hydrogen-bond donors (Lipinski definition) is 3. The van der Waals surface area contributed by atoms with E-state index in [0.29, 0.717) is 5.02 Å². The minimum atomic E-state index is -0.202. The zero-order valence-corrected chi connectivity index (χ0v) is 15.9. The summed E-state index contributed by atoms with van der Waals surface area (Å²) in [6.07, 6.45) is 0.883. The summed E-state index contributed by atoms with van der Waals surface area (Å²) in [6.45, 7) is 1.73. The summed E-state index contributed by atoms with van der Waals surface area (Å²) < 4.78 is 0.773. The predicted molar refractivity (Wildman–Crippen MR) is 104 cm³/mol. The van der Waals surface area contributed by atoms with Crippen molar-refractivity contribution in [2.75, 3.05) is 18.4 Å². The Morgan fingerprint density at radius 3 is 2.58 bits per heavy atom. The molecule has 1 aliphatic rings. The van der Waals surface area contributed by atoms with Crippen LogP contribution in [0.15, 0.2) is 36.4 Å². The van der Waals surface area contributed by atoms with E-state index in [0.717, 1.165) is 29.5 Å². The van der Waals surface area contributed by atoms with Crippen LogP contribution in [-0.2, 0) is 0 Å². The van der Waals surface area contributed by atoms with Crippen LogP contribution in [0.4, 0.5) is 10.5 Å². The second kappa shape index (κ2) is 8.92. The Hall–Kier alpha value is -0.980. The number of piperidine rings is 1. The molecule has 8 heteroatoms. The monoisotopic (exact) mass is 405 g/mol. The number of anilines is 1. The molecule has 0 aliphatic carbocycles. The fourth-order valence-corrected chi connectivity index (χ4v) is 4.08. The van der Waals surface area contributed by atoms with Crippen molar-refractivity contribution >= 4 is 58.7 Å². The number of amides is 2. The van der Waals surface area contributed by atoms with Gasteiger partial charge in [0.1, 0.15) is 0 Å². The van der Waals surface area contributed by atoms with Gasteiger partial charge in [-0.3, -0.25) is 0 Å². The lowest BCUT2D eigenvalue weighted by molar-refractivity contribution is 0.242. The molecule has 3 rings (SSSR count). The van der Waals surface area contributed by atoms with Crippen molar-refractivity contribution in [2.45, 2.75) is 18.4 Å². The highest BCUT2D eigenvalue weighted by atomic mass is 35.5. The second-order valence-corrected chi connectivity index (χ2v) is 7.64. The standard InChI is InChI=1S/C16H17Cl2N3OS.ClH/c17-10-1-3-11(4-2-10)20-16(22)21-13-7-8-19-9-12(13)14-5-6-15(18)23-14;/h1-6,12-13,19H,7-9H2,(H2,20,21,22);1H. The number of nitrogens with one attached hydrogen (secondary N) is 3. The third-order valence-electron chi connectivity index (χ3n) is 3.86. The zero-order chi connectivity index (χ0) is 16.2. The lowest BCUT2D eigenvalue weighted by Gasteiger charge is -2.32. The Balaban J connectivity index is 0.00000208. The molecule has 2 heterocycles. The van der Waals surface area contributed by atoms with Gasteiger partial charge in [0.25, 0.3) is 0 Å². The lowest BCUT2D eigenvalue weighted by Crippen LogP contribution is -2.49. The van der Waals surface area contributed by atoms with E-state index in [9.17, 15) is 4.79 Å². The van der Waals surface area contributed by atoms with Crippen LogP contribution < -0.4 is 16.0 Å². The van der Waals surface area contributed by atoms with Gasteiger partial charge in [0.05, 0.1) is 4.34 Å². The summed E-state index contributed by atoms with van der Waals surface area (Å²) in [5.41, 5.74) is 0.719. The molecule has 1 fully saturated rings. The van der Waals surface area contributed by atoms with Gasteiger partial charge in [0.2, 0.25) is 0 Å². The Labute approximate surface area is 161 Å². The van der Waals surface area contributed by atoms with Gasteiger partial charge in [0, 0.05) is 34.1 Å². The lowest BCUT2D eigenvalue weighted by atomic mass is 9.92. The second-order valence-electron chi connectivity index (χ2n) is 5.45. The van der Waals surface area contributed by atoms with Gasteiger partial charge in [-0.25, -0.2) is 4.79 Å². The van der Waals surface area contributed by atoms with Crippen molar-refractivity contribution in [2.24, 2.45) is 0 Å². The molecule has 4 nitrogen and oxygen atoms in total.